The van der Waals surface area contributed by atoms with Crippen molar-refractivity contribution in [1.82, 2.24) is 9.78 Å². The van der Waals surface area contributed by atoms with Crippen LogP contribution in [0.4, 0.5) is 0 Å². The second kappa shape index (κ2) is 5.16. The number of aryl methyl sites for hydroxylation is 2. The summed E-state index contributed by atoms with van der Waals surface area (Å²) in [6.45, 7) is 2.08. The van der Waals surface area contributed by atoms with Crippen molar-refractivity contribution in [3.8, 4) is 6.07 Å². The fourth-order valence-electron chi connectivity index (χ4n) is 1.32. The van der Waals surface area contributed by atoms with E-state index in [1.165, 1.54) is 0 Å². The lowest BCUT2D eigenvalue weighted by molar-refractivity contribution is 0.649. The van der Waals surface area contributed by atoms with E-state index in [0.29, 0.717) is 0 Å². The fourth-order valence-corrected chi connectivity index (χ4v) is 1.70. The van der Waals surface area contributed by atoms with Crippen LogP contribution in [-0.2, 0) is 19.9 Å². The maximum Gasteiger partial charge on any atom is 0.0668 e. The van der Waals surface area contributed by atoms with Crippen LogP contribution in [0.2, 0.25) is 0 Å². The molecule has 0 spiro atoms. The first-order valence-corrected chi connectivity index (χ1v) is 5.80. The first-order valence-electron chi connectivity index (χ1n) is 4.68. The summed E-state index contributed by atoms with van der Waals surface area (Å²) in [5, 5.41) is 13.9. The van der Waals surface area contributed by atoms with E-state index < -0.39 is 0 Å². The number of alkyl halides is 1. The number of nitriles is 1. The lowest BCUT2D eigenvalue weighted by atomic mass is 10.1. The third-order valence-corrected chi connectivity index (χ3v) is 3.00. The minimum Gasteiger partial charge on any atom is -0.272 e. The molecular formula is C10H14BrN3. The van der Waals surface area contributed by atoms with Gasteiger partial charge in [-0.2, -0.15) is 10.4 Å². The Balaban J connectivity index is 2.76. The Morgan fingerprint density at radius 2 is 2.43 bits per heavy atom. The van der Waals surface area contributed by atoms with E-state index in [0.717, 1.165) is 29.6 Å². The SMILES string of the molecule is CCc1cc(CC(C#N)CBr)n(C)n1. The zero-order chi connectivity index (χ0) is 10.6. The van der Waals surface area contributed by atoms with Crippen molar-refractivity contribution in [1.29, 1.82) is 5.26 Å². The molecule has 1 rings (SSSR count). The average Bonchev–Trinajstić information content (AvgIpc) is 2.56. The summed E-state index contributed by atoms with van der Waals surface area (Å²) in [7, 11) is 1.93. The van der Waals surface area contributed by atoms with Crippen LogP contribution in [0.5, 0.6) is 0 Å². The van der Waals surface area contributed by atoms with Crippen LogP contribution in [0.1, 0.15) is 18.3 Å². The predicted molar refractivity (Wildman–Crippen MR) is 59.2 cm³/mol. The molecule has 1 heterocycles. The van der Waals surface area contributed by atoms with Gasteiger partial charge in [-0.05, 0) is 12.5 Å². The Kier molecular flexibility index (Phi) is 4.15. The summed E-state index contributed by atoms with van der Waals surface area (Å²) in [6.07, 6.45) is 1.71. The van der Waals surface area contributed by atoms with Crippen LogP contribution in [0, 0.1) is 17.2 Å². The molecule has 0 aliphatic heterocycles. The third kappa shape index (κ3) is 2.58. The molecular weight excluding hydrogens is 242 g/mol. The molecule has 0 saturated heterocycles. The van der Waals surface area contributed by atoms with Crippen LogP contribution >= 0.6 is 15.9 Å². The Hall–Kier alpha value is -0.820. The molecule has 1 aromatic heterocycles. The smallest absolute Gasteiger partial charge is 0.0668 e. The van der Waals surface area contributed by atoms with Gasteiger partial charge in [0.15, 0.2) is 0 Å². The van der Waals surface area contributed by atoms with Gasteiger partial charge in [0.2, 0.25) is 0 Å². The Morgan fingerprint density at radius 3 is 2.86 bits per heavy atom. The van der Waals surface area contributed by atoms with Crippen molar-refractivity contribution in [2.45, 2.75) is 19.8 Å². The molecule has 0 N–H and O–H groups in total. The van der Waals surface area contributed by atoms with Gasteiger partial charge in [-0.1, -0.05) is 22.9 Å². The summed E-state index contributed by atoms with van der Waals surface area (Å²) in [5.74, 6) is 0.0371. The molecule has 0 bridgehead atoms. The Morgan fingerprint density at radius 1 is 1.71 bits per heavy atom. The van der Waals surface area contributed by atoms with Crippen molar-refractivity contribution >= 4 is 15.9 Å². The molecule has 1 unspecified atom stereocenters. The van der Waals surface area contributed by atoms with Crippen LogP contribution in [0.25, 0.3) is 0 Å². The van der Waals surface area contributed by atoms with Gasteiger partial charge in [0.05, 0.1) is 17.7 Å². The van der Waals surface area contributed by atoms with Gasteiger partial charge >= 0.3 is 0 Å². The van der Waals surface area contributed by atoms with E-state index in [1.54, 1.807) is 0 Å². The Bertz CT molecular complexity index is 338. The zero-order valence-corrected chi connectivity index (χ0v) is 10.1. The van der Waals surface area contributed by atoms with E-state index in [1.807, 2.05) is 11.7 Å². The maximum absolute atomic E-state index is 8.83. The van der Waals surface area contributed by atoms with E-state index >= 15 is 0 Å². The molecule has 76 valence electrons. The molecule has 0 fully saturated rings. The normalized spacial score (nSPS) is 12.4. The largest absolute Gasteiger partial charge is 0.272 e. The number of halogens is 1. The van der Waals surface area contributed by atoms with Crippen molar-refractivity contribution in [3.05, 3.63) is 17.5 Å². The number of rotatable bonds is 4. The third-order valence-electron chi connectivity index (χ3n) is 2.21. The molecule has 0 aromatic carbocycles. The van der Waals surface area contributed by atoms with Crippen molar-refractivity contribution < 1.29 is 0 Å². The highest BCUT2D eigenvalue weighted by molar-refractivity contribution is 9.09. The Labute approximate surface area is 92.9 Å². The lowest BCUT2D eigenvalue weighted by Crippen LogP contribution is -2.07. The van der Waals surface area contributed by atoms with Crippen LogP contribution in [-0.4, -0.2) is 15.1 Å². The fraction of sp³-hybridized carbons (Fsp3) is 0.600. The second-order valence-corrected chi connectivity index (χ2v) is 3.94. The topological polar surface area (TPSA) is 41.6 Å². The predicted octanol–water partition coefficient (Wildman–Crippen LogP) is 2.06. The monoisotopic (exact) mass is 255 g/mol. The average molecular weight is 256 g/mol. The van der Waals surface area contributed by atoms with Gasteiger partial charge in [0.25, 0.3) is 0 Å². The van der Waals surface area contributed by atoms with Gasteiger partial charge in [0, 0.05) is 24.5 Å². The highest BCUT2D eigenvalue weighted by Gasteiger charge is 2.10. The first kappa shape index (κ1) is 11.3. The number of nitrogens with zero attached hydrogens (tertiary/aromatic N) is 3. The molecule has 0 amide bonds. The summed E-state index contributed by atoms with van der Waals surface area (Å²) >= 11 is 3.33. The van der Waals surface area contributed by atoms with E-state index in [9.17, 15) is 0 Å². The summed E-state index contributed by atoms with van der Waals surface area (Å²) in [4.78, 5) is 0. The van der Waals surface area contributed by atoms with Crippen LogP contribution < -0.4 is 0 Å². The van der Waals surface area contributed by atoms with Gasteiger partial charge in [0.1, 0.15) is 0 Å². The number of hydrogen-bond donors (Lipinski definition) is 0. The zero-order valence-electron chi connectivity index (χ0n) is 8.50. The second-order valence-electron chi connectivity index (χ2n) is 3.29. The lowest BCUT2D eigenvalue weighted by Gasteiger charge is -2.04. The molecule has 3 nitrogen and oxygen atoms in total. The van der Waals surface area contributed by atoms with E-state index in [2.05, 4.69) is 40.1 Å². The summed E-state index contributed by atoms with van der Waals surface area (Å²) < 4.78 is 1.87. The standard InChI is InChI=1S/C10H14BrN3/c1-3-9-5-10(14(2)13-9)4-8(6-11)7-12/h5,8H,3-4,6H2,1-2H3. The van der Waals surface area contributed by atoms with Gasteiger partial charge in [-0.15, -0.1) is 0 Å². The highest BCUT2D eigenvalue weighted by atomic mass is 79.9. The first-order chi connectivity index (χ1) is 6.71. The summed E-state index contributed by atoms with van der Waals surface area (Å²) in [5.41, 5.74) is 2.22. The molecule has 0 aliphatic rings. The number of aromatic nitrogens is 2. The van der Waals surface area contributed by atoms with Crippen molar-refractivity contribution in [3.63, 3.8) is 0 Å². The van der Waals surface area contributed by atoms with Crippen LogP contribution in [0.15, 0.2) is 6.07 Å². The molecule has 1 aromatic rings. The van der Waals surface area contributed by atoms with Crippen molar-refractivity contribution in [2.24, 2.45) is 13.0 Å². The molecule has 14 heavy (non-hydrogen) atoms. The van der Waals surface area contributed by atoms with Gasteiger partial charge in [-0.3, -0.25) is 4.68 Å². The van der Waals surface area contributed by atoms with Crippen molar-refractivity contribution in [2.75, 3.05) is 5.33 Å². The number of hydrogen-bond acceptors (Lipinski definition) is 2. The van der Waals surface area contributed by atoms with Gasteiger partial charge < -0.3 is 0 Å². The molecule has 4 heteroatoms. The van der Waals surface area contributed by atoms with Crippen LogP contribution in [0.3, 0.4) is 0 Å². The van der Waals surface area contributed by atoms with E-state index in [-0.39, 0.29) is 5.92 Å². The molecule has 0 aliphatic carbocycles. The highest BCUT2D eigenvalue weighted by Crippen LogP contribution is 2.11. The van der Waals surface area contributed by atoms with Gasteiger partial charge in [-0.25, -0.2) is 0 Å². The minimum absolute atomic E-state index is 0.0371. The molecule has 1 atom stereocenters. The van der Waals surface area contributed by atoms with E-state index in [4.69, 9.17) is 5.26 Å². The molecule has 0 radical (unpaired) electrons. The quantitative estimate of drug-likeness (QED) is 0.774. The summed E-state index contributed by atoms with van der Waals surface area (Å²) in [6, 6.07) is 4.34. The minimum atomic E-state index is 0.0371. The molecule has 0 saturated carbocycles. The maximum atomic E-state index is 8.83.